The molecule has 0 bridgehead atoms. The average Bonchev–Trinajstić information content (AvgIpc) is 3.15. The molecular formula is C18H21N3O2S. The number of aromatic nitrogens is 1. The summed E-state index contributed by atoms with van der Waals surface area (Å²) in [4.78, 5) is 17.2. The predicted molar refractivity (Wildman–Crippen MR) is 100 cm³/mol. The van der Waals surface area contributed by atoms with Gasteiger partial charge in [0.15, 0.2) is 0 Å². The Hall–Kier alpha value is -2.34. The third-order valence-corrected chi connectivity index (χ3v) is 4.52. The van der Waals surface area contributed by atoms with Crippen LogP contribution in [0.1, 0.15) is 30.1 Å². The number of hydrogen-bond acceptors (Lipinski definition) is 3. The number of ether oxygens (including phenoxy) is 1. The molecule has 6 heteroatoms. The minimum Gasteiger partial charge on any atom is -0.493 e. The molecule has 0 radical (unpaired) electrons. The van der Waals surface area contributed by atoms with E-state index in [1.165, 1.54) is 18.3 Å². The SMILES string of the molecule is CN(C(=O)c1cc[nH]c1NC=S)c1ccc(OCC2(C)CC2)cc1. The number of nitrogens with zero attached hydrogens (tertiary/aromatic N) is 1. The van der Waals surface area contributed by atoms with Gasteiger partial charge >= 0.3 is 0 Å². The van der Waals surface area contributed by atoms with Gasteiger partial charge in [0.05, 0.1) is 17.7 Å². The molecule has 126 valence electrons. The summed E-state index contributed by atoms with van der Waals surface area (Å²) < 4.78 is 5.82. The first-order valence-corrected chi connectivity index (χ1v) is 8.38. The van der Waals surface area contributed by atoms with Crippen LogP contribution in [0.2, 0.25) is 0 Å². The highest BCUT2D eigenvalue weighted by Crippen LogP contribution is 2.45. The van der Waals surface area contributed by atoms with E-state index >= 15 is 0 Å². The van der Waals surface area contributed by atoms with Gasteiger partial charge in [-0.3, -0.25) is 4.79 Å². The Morgan fingerprint density at radius 3 is 2.71 bits per heavy atom. The lowest BCUT2D eigenvalue weighted by atomic mass is 10.2. The standard InChI is InChI=1S/C18H21N3O2S/c1-18(8-9-18)11-23-14-5-3-13(4-6-14)21(2)17(22)15-7-10-19-16(15)20-12-24/h3-7,10,12,19H,8-9,11H2,1-2H3,(H,20,24). The number of carbonyl (C=O) groups excluding carboxylic acids is 1. The molecule has 1 aromatic carbocycles. The van der Waals surface area contributed by atoms with Crippen molar-refractivity contribution in [2.75, 3.05) is 23.9 Å². The highest BCUT2D eigenvalue weighted by atomic mass is 32.1. The first kappa shape index (κ1) is 16.5. The largest absolute Gasteiger partial charge is 0.493 e. The lowest BCUT2D eigenvalue weighted by molar-refractivity contribution is 0.0994. The van der Waals surface area contributed by atoms with Crippen molar-refractivity contribution in [2.24, 2.45) is 5.41 Å². The molecule has 0 unspecified atom stereocenters. The van der Waals surface area contributed by atoms with Crippen molar-refractivity contribution in [3.63, 3.8) is 0 Å². The Morgan fingerprint density at radius 1 is 1.38 bits per heavy atom. The van der Waals surface area contributed by atoms with Crippen molar-refractivity contribution in [1.82, 2.24) is 4.98 Å². The second-order valence-corrected chi connectivity index (χ2v) is 6.72. The van der Waals surface area contributed by atoms with Crippen LogP contribution in [0.15, 0.2) is 36.5 Å². The van der Waals surface area contributed by atoms with E-state index in [1.54, 1.807) is 24.2 Å². The molecule has 1 heterocycles. The van der Waals surface area contributed by atoms with Gasteiger partial charge in [-0.25, -0.2) is 0 Å². The Balaban J connectivity index is 1.67. The number of hydrogen-bond donors (Lipinski definition) is 2. The maximum Gasteiger partial charge on any atom is 0.261 e. The predicted octanol–water partition coefficient (Wildman–Crippen LogP) is 3.84. The van der Waals surface area contributed by atoms with Crippen molar-refractivity contribution in [3.05, 3.63) is 42.1 Å². The summed E-state index contributed by atoms with van der Waals surface area (Å²) in [7, 11) is 1.75. The van der Waals surface area contributed by atoms with Gasteiger partial charge in [-0.1, -0.05) is 19.1 Å². The second-order valence-electron chi connectivity index (χ2n) is 6.49. The fourth-order valence-electron chi connectivity index (χ4n) is 2.41. The topological polar surface area (TPSA) is 57.4 Å². The molecule has 2 N–H and O–H groups in total. The highest BCUT2D eigenvalue weighted by molar-refractivity contribution is 7.79. The van der Waals surface area contributed by atoms with E-state index in [-0.39, 0.29) is 5.91 Å². The van der Waals surface area contributed by atoms with Crippen molar-refractivity contribution in [3.8, 4) is 5.75 Å². The van der Waals surface area contributed by atoms with Crippen LogP contribution < -0.4 is 15.0 Å². The average molecular weight is 343 g/mol. The molecule has 24 heavy (non-hydrogen) atoms. The Bertz CT molecular complexity index is 735. The Kier molecular flexibility index (Phi) is 4.57. The zero-order valence-electron chi connectivity index (χ0n) is 13.8. The maximum atomic E-state index is 12.6. The van der Waals surface area contributed by atoms with Gasteiger partial charge < -0.3 is 19.9 Å². The van der Waals surface area contributed by atoms with E-state index in [0.717, 1.165) is 18.0 Å². The van der Waals surface area contributed by atoms with E-state index in [1.807, 2.05) is 24.3 Å². The fourth-order valence-corrected chi connectivity index (χ4v) is 2.52. The van der Waals surface area contributed by atoms with Gasteiger partial charge in [-0.15, -0.1) is 0 Å². The van der Waals surface area contributed by atoms with Crippen molar-refractivity contribution >= 4 is 35.1 Å². The van der Waals surface area contributed by atoms with Gasteiger partial charge in [-0.05, 0) is 43.2 Å². The van der Waals surface area contributed by atoms with Gasteiger partial charge in [-0.2, -0.15) is 0 Å². The van der Waals surface area contributed by atoms with Crippen LogP contribution in [0.5, 0.6) is 5.75 Å². The van der Waals surface area contributed by atoms with E-state index in [0.29, 0.717) is 16.8 Å². The number of aromatic amines is 1. The van der Waals surface area contributed by atoms with Gasteiger partial charge in [0.1, 0.15) is 11.6 Å². The first-order chi connectivity index (χ1) is 11.5. The fraction of sp³-hybridized carbons (Fsp3) is 0.333. The van der Waals surface area contributed by atoms with E-state index in [9.17, 15) is 4.79 Å². The number of H-pyrrole nitrogens is 1. The maximum absolute atomic E-state index is 12.6. The normalized spacial score (nSPS) is 14.8. The van der Waals surface area contributed by atoms with Crippen LogP contribution in [0.3, 0.4) is 0 Å². The van der Waals surface area contributed by atoms with Crippen molar-refractivity contribution < 1.29 is 9.53 Å². The quantitative estimate of drug-likeness (QED) is 0.750. The minimum atomic E-state index is -0.116. The van der Waals surface area contributed by atoms with Gasteiger partial charge in [0.2, 0.25) is 0 Å². The monoisotopic (exact) mass is 343 g/mol. The van der Waals surface area contributed by atoms with Crippen LogP contribution in [0.4, 0.5) is 11.5 Å². The third kappa shape index (κ3) is 3.59. The van der Waals surface area contributed by atoms with Crippen molar-refractivity contribution in [2.45, 2.75) is 19.8 Å². The van der Waals surface area contributed by atoms with Crippen LogP contribution in [0.25, 0.3) is 0 Å². The molecular weight excluding hydrogens is 322 g/mol. The molecule has 3 rings (SSSR count). The number of anilines is 2. The summed E-state index contributed by atoms with van der Waals surface area (Å²) in [5.41, 5.74) is 3.07. The summed E-state index contributed by atoms with van der Waals surface area (Å²) in [5, 5.41) is 2.86. The van der Waals surface area contributed by atoms with Crippen molar-refractivity contribution in [1.29, 1.82) is 0 Å². The molecule has 1 fully saturated rings. The molecule has 0 saturated heterocycles. The highest BCUT2D eigenvalue weighted by Gasteiger charge is 2.38. The molecule has 0 aliphatic heterocycles. The molecule has 0 atom stereocenters. The van der Waals surface area contributed by atoms with E-state index in [2.05, 4.69) is 17.2 Å². The Morgan fingerprint density at radius 2 is 2.08 bits per heavy atom. The van der Waals surface area contributed by atoms with Gasteiger partial charge in [0, 0.05) is 24.3 Å². The molecule has 1 aromatic heterocycles. The zero-order chi connectivity index (χ0) is 17.2. The summed E-state index contributed by atoms with van der Waals surface area (Å²) >= 11 is 4.78. The smallest absolute Gasteiger partial charge is 0.261 e. The number of thiocarbonyl (C=S) groups is 1. The molecule has 1 aliphatic rings. The van der Waals surface area contributed by atoms with E-state index in [4.69, 9.17) is 17.0 Å². The van der Waals surface area contributed by atoms with Crippen LogP contribution in [-0.4, -0.2) is 30.0 Å². The minimum absolute atomic E-state index is 0.116. The molecule has 1 amide bonds. The third-order valence-electron chi connectivity index (χ3n) is 4.40. The number of rotatable bonds is 7. The van der Waals surface area contributed by atoms with Crippen LogP contribution >= 0.6 is 12.2 Å². The molecule has 5 nitrogen and oxygen atoms in total. The molecule has 2 aromatic rings. The number of nitrogens with one attached hydrogen (secondary N) is 2. The second kappa shape index (κ2) is 6.65. The molecule has 1 saturated carbocycles. The lowest BCUT2D eigenvalue weighted by Gasteiger charge is -2.18. The van der Waals surface area contributed by atoms with Crippen LogP contribution in [-0.2, 0) is 0 Å². The molecule has 1 aliphatic carbocycles. The summed E-state index contributed by atoms with van der Waals surface area (Å²) in [6, 6.07) is 9.31. The van der Waals surface area contributed by atoms with E-state index < -0.39 is 0 Å². The van der Waals surface area contributed by atoms with Crippen LogP contribution in [0, 0.1) is 5.41 Å². The lowest BCUT2D eigenvalue weighted by Crippen LogP contribution is -2.26. The van der Waals surface area contributed by atoms with Gasteiger partial charge in [0.25, 0.3) is 5.91 Å². The number of carbonyl (C=O) groups is 1. The summed E-state index contributed by atoms with van der Waals surface area (Å²) in [5.74, 6) is 1.31. The number of amides is 1. The zero-order valence-corrected chi connectivity index (χ0v) is 14.7. The number of benzene rings is 1. The molecule has 0 spiro atoms. The Labute approximate surface area is 147 Å². The summed E-state index contributed by atoms with van der Waals surface area (Å²) in [6.07, 6.45) is 4.17. The first-order valence-electron chi connectivity index (χ1n) is 7.91. The summed E-state index contributed by atoms with van der Waals surface area (Å²) in [6.45, 7) is 2.98.